The Morgan fingerprint density at radius 1 is 1.29 bits per heavy atom. The van der Waals surface area contributed by atoms with Crippen LogP contribution in [0.2, 0.25) is 0 Å². The van der Waals surface area contributed by atoms with Crippen LogP contribution in [0.4, 0.5) is 0 Å². The minimum atomic E-state index is -3.72. The molecule has 98 valence electrons. The quantitative estimate of drug-likeness (QED) is 0.211. The van der Waals surface area contributed by atoms with Gasteiger partial charge in [0.15, 0.2) is 0 Å². The molecule has 0 aliphatic heterocycles. The molecule has 2 atom stereocenters. The molecule has 4 N–H and O–H groups in total. The zero-order valence-corrected chi connectivity index (χ0v) is 14.0. The van der Waals surface area contributed by atoms with Gasteiger partial charge in [-0.3, -0.25) is 0 Å². The molecular weight excluding hydrogens is 250 g/mol. The van der Waals surface area contributed by atoms with Crippen LogP contribution in [0.5, 0.6) is 0 Å². The molecular formula is C10H24N2NaO3P. The first-order valence-corrected chi connectivity index (χ1v) is 7.68. The van der Waals surface area contributed by atoms with Crippen molar-refractivity contribution in [1.29, 1.82) is 0 Å². The second kappa shape index (κ2) is 12.1. The summed E-state index contributed by atoms with van der Waals surface area (Å²) in [5.41, 5.74) is 10.9. The molecule has 0 aromatic heterocycles. The fraction of sp³-hybridized carbons (Fsp3) is 1.00. The third-order valence-electron chi connectivity index (χ3n) is 2.27. The average molecular weight is 274 g/mol. The van der Waals surface area contributed by atoms with Crippen molar-refractivity contribution in [2.24, 2.45) is 11.5 Å². The molecule has 2 unspecified atom stereocenters. The summed E-state index contributed by atoms with van der Waals surface area (Å²) in [6.07, 6.45) is 4.17. The molecule has 5 nitrogen and oxygen atoms in total. The summed E-state index contributed by atoms with van der Waals surface area (Å²) < 4.78 is 16.3. The summed E-state index contributed by atoms with van der Waals surface area (Å²) in [7, 11) is -3.72. The largest absolute Gasteiger partial charge is 1.00 e. The van der Waals surface area contributed by atoms with Crippen LogP contribution in [0.15, 0.2) is 0 Å². The van der Waals surface area contributed by atoms with E-state index in [1.54, 1.807) is 0 Å². The molecule has 0 heterocycles. The van der Waals surface area contributed by atoms with Gasteiger partial charge >= 0.3 is 29.6 Å². The molecule has 0 aliphatic carbocycles. The molecule has 0 bridgehead atoms. The Morgan fingerprint density at radius 3 is 2.47 bits per heavy atom. The standard InChI is InChI=1S/C10H25N2O3P.Na/c1-2-3-9-16(13,14)15-10(12)7-5-4-6-8-11;/h10H,2-9,11-12H2,1H3,(H,13,14);/q;+1/p-1. The molecule has 0 aromatic carbocycles. The fourth-order valence-corrected chi connectivity index (χ4v) is 2.66. The van der Waals surface area contributed by atoms with E-state index in [0.717, 1.165) is 25.7 Å². The van der Waals surface area contributed by atoms with Crippen LogP contribution in [0.3, 0.4) is 0 Å². The van der Waals surface area contributed by atoms with E-state index in [-0.39, 0.29) is 35.7 Å². The summed E-state index contributed by atoms with van der Waals surface area (Å²) in [6.45, 7) is 2.60. The van der Waals surface area contributed by atoms with Crippen LogP contribution in [-0.4, -0.2) is 18.9 Å². The van der Waals surface area contributed by atoms with Gasteiger partial charge in [0.25, 0.3) is 0 Å². The van der Waals surface area contributed by atoms with E-state index in [4.69, 9.17) is 16.0 Å². The van der Waals surface area contributed by atoms with Gasteiger partial charge in [-0.1, -0.05) is 19.8 Å². The van der Waals surface area contributed by atoms with E-state index < -0.39 is 13.8 Å². The molecule has 0 saturated heterocycles. The molecule has 0 saturated carbocycles. The normalized spacial score (nSPS) is 16.0. The molecule has 0 radical (unpaired) electrons. The zero-order chi connectivity index (χ0) is 12.4. The Balaban J connectivity index is 0. The molecule has 0 amide bonds. The van der Waals surface area contributed by atoms with Crippen LogP contribution in [0.25, 0.3) is 0 Å². The molecule has 0 spiro atoms. The molecule has 0 rings (SSSR count). The first kappa shape index (κ1) is 20.4. The van der Waals surface area contributed by atoms with E-state index in [1.807, 2.05) is 6.92 Å². The third kappa shape index (κ3) is 13.3. The predicted molar refractivity (Wildman–Crippen MR) is 64.0 cm³/mol. The van der Waals surface area contributed by atoms with Crippen molar-refractivity contribution in [1.82, 2.24) is 0 Å². The van der Waals surface area contributed by atoms with Crippen molar-refractivity contribution < 1.29 is 43.5 Å². The Morgan fingerprint density at radius 2 is 1.94 bits per heavy atom. The van der Waals surface area contributed by atoms with Gasteiger partial charge < -0.3 is 25.4 Å². The van der Waals surface area contributed by atoms with Gasteiger partial charge in [-0.05, 0) is 32.2 Å². The Labute approximate surface area is 126 Å². The van der Waals surface area contributed by atoms with E-state index >= 15 is 0 Å². The minimum absolute atomic E-state index is 0. The molecule has 17 heavy (non-hydrogen) atoms. The second-order valence-electron chi connectivity index (χ2n) is 3.97. The molecule has 0 aromatic rings. The van der Waals surface area contributed by atoms with Crippen LogP contribution in [0, 0.1) is 0 Å². The number of hydrogen-bond donors (Lipinski definition) is 2. The maximum Gasteiger partial charge on any atom is 1.00 e. The van der Waals surface area contributed by atoms with Gasteiger partial charge in [0, 0.05) is 6.16 Å². The predicted octanol–water partition coefficient (Wildman–Crippen LogP) is -1.84. The van der Waals surface area contributed by atoms with Crippen LogP contribution in [-0.2, 0) is 9.09 Å². The van der Waals surface area contributed by atoms with Crippen molar-refractivity contribution in [3.8, 4) is 0 Å². The van der Waals surface area contributed by atoms with Crippen molar-refractivity contribution in [2.75, 3.05) is 12.7 Å². The average Bonchev–Trinajstić information content (AvgIpc) is 2.21. The monoisotopic (exact) mass is 274 g/mol. The van der Waals surface area contributed by atoms with Gasteiger partial charge in [0.1, 0.15) is 13.8 Å². The summed E-state index contributed by atoms with van der Waals surface area (Å²) >= 11 is 0. The summed E-state index contributed by atoms with van der Waals surface area (Å²) in [5, 5.41) is 0. The number of unbranched alkanes of at least 4 members (excludes halogenated alkanes) is 3. The third-order valence-corrected chi connectivity index (χ3v) is 3.73. The van der Waals surface area contributed by atoms with Gasteiger partial charge in [-0.2, -0.15) is 0 Å². The first-order chi connectivity index (χ1) is 7.52. The van der Waals surface area contributed by atoms with Crippen molar-refractivity contribution in [3.05, 3.63) is 0 Å². The topological polar surface area (TPSA) is 101 Å². The maximum atomic E-state index is 11.4. The van der Waals surface area contributed by atoms with Crippen molar-refractivity contribution in [3.63, 3.8) is 0 Å². The van der Waals surface area contributed by atoms with E-state index in [9.17, 15) is 9.46 Å². The van der Waals surface area contributed by atoms with Gasteiger partial charge in [-0.25, -0.2) is 0 Å². The Kier molecular flexibility index (Phi) is 14.5. The number of hydrogen-bond acceptors (Lipinski definition) is 5. The van der Waals surface area contributed by atoms with Crippen molar-refractivity contribution in [2.45, 2.75) is 51.7 Å². The summed E-state index contributed by atoms with van der Waals surface area (Å²) in [6, 6.07) is 0. The van der Waals surface area contributed by atoms with Gasteiger partial charge in [0.05, 0.1) is 0 Å². The SMILES string of the molecule is CCCCP(=O)([O-])OC(N)CCCCCN.[Na+]. The van der Waals surface area contributed by atoms with Crippen LogP contribution in [0.1, 0.15) is 45.4 Å². The zero-order valence-electron chi connectivity index (χ0n) is 11.1. The fourth-order valence-electron chi connectivity index (χ4n) is 1.33. The molecule has 7 heteroatoms. The minimum Gasteiger partial charge on any atom is -0.778 e. The molecule has 0 aliphatic rings. The van der Waals surface area contributed by atoms with E-state index in [2.05, 4.69) is 0 Å². The number of nitrogens with two attached hydrogens (primary N) is 2. The summed E-state index contributed by atoms with van der Waals surface area (Å²) in [5.74, 6) is 0. The van der Waals surface area contributed by atoms with Gasteiger partial charge in [0.2, 0.25) is 0 Å². The second-order valence-corrected chi connectivity index (χ2v) is 5.85. The smallest absolute Gasteiger partial charge is 0.778 e. The van der Waals surface area contributed by atoms with E-state index in [0.29, 0.717) is 19.4 Å². The Bertz CT molecular complexity index is 220. The molecule has 0 fully saturated rings. The van der Waals surface area contributed by atoms with Gasteiger partial charge in [-0.15, -0.1) is 0 Å². The first-order valence-electron chi connectivity index (χ1n) is 5.96. The Hall–Kier alpha value is 1.07. The number of rotatable bonds is 10. The summed E-state index contributed by atoms with van der Waals surface area (Å²) in [4.78, 5) is 11.4. The van der Waals surface area contributed by atoms with E-state index in [1.165, 1.54) is 0 Å². The van der Waals surface area contributed by atoms with Crippen molar-refractivity contribution >= 4 is 7.60 Å². The van der Waals surface area contributed by atoms with Crippen LogP contribution >= 0.6 is 7.60 Å². The van der Waals surface area contributed by atoms with Crippen LogP contribution < -0.4 is 45.9 Å². The maximum absolute atomic E-state index is 11.4.